The van der Waals surface area contributed by atoms with Gasteiger partial charge >= 0.3 is 5.97 Å². The molecule has 0 aliphatic heterocycles. The van der Waals surface area contributed by atoms with Crippen molar-refractivity contribution < 1.29 is 18.3 Å². The third-order valence-corrected chi connectivity index (χ3v) is 8.34. The summed E-state index contributed by atoms with van der Waals surface area (Å²) in [4.78, 5) is 14.8. The van der Waals surface area contributed by atoms with Crippen LogP contribution in [-0.2, 0) is 21.2 Å². The maximum atomic E-state index is 13.2. The number of carboxylic acid groups (broad SMARTS) is 1. The molecule has 8 heteroatoms. The van der Waals surface area contributed by atoms with Gasteiger partial charge < -0.3 is 10.1 Å². The first-order valence-corrected chi connectivity index (χ1v) is 13.3. The summed E-state index contributed by atoms with van der Waals surface area (Å²) in [6.45, 7) is 0.402. The van der Waals surface area contributed by atoms with Gasteiger partial charge in [-0.2, -0.15) is 0 Å². The van der Waals surface area contributed by atoms with Gasteiger partial charge in [-0.1, -0.05) is 68.0 Å². The van der Waals surface area contributed by atoms with E-state index in [1.54, 1.807) is 12.1 Å². The lowest BCUT2D eigenvalue weighted by Crippen LogP contribution is -2.30. The molecule has 1 saturated carbocycles. The lowest BCUT2D eigenvalue weighted by molar-refractivity contribution is -0.136. The fourth-order valence-corrected chi connectivity index (χ4v) is 6.34. The van der Waals surface area contributed by atoms with Crippen molar-refractivity contribution in [2.75, 3.05) is 6.54 Å². The Labute approximate surface area is 199 Å². The average molecular weight is 489 g/mol. The minimum atomic E-state index is -3.82. The molecule has 33 heavy (non-hydrogen) atoms. The van der Waals surface area contributed by atoms with E-state index in [1.165, 1.54) is 25.3 Å². The Balaban J connectivity index is 1.65. The Morgan fingerprint density at radius 2 is 1.76 bits per heavy atom. The quantitative estimate of drug-likeness (QED) is 0.394. The summed E-state index contributed by atoms with van der Waals surface area (Å²) < 4.78 is 29.1. The van der Waals surface area contributed by atoms with Crippen LogP contribution in [0.25, 0.3) is 22.2 Å². The molecule has 0 spiro atoms. The molecule has 1 aliphatic carbocycles. The summed E-state index contributed by atoms with van der Waals surface area (Å²) in [6.07, 6.45) is 7.83. The van der Waals surface area contributed by atoms with Gasteiger partial charge in [-0.15, -0.1) is 0 Å². The summed E-state index contributed by atoms with van der Waals surface area (Å²) in [5, 5.41) is 10.4. The number of benzene rings is 2. The topological polar surface area (TPSA) is 99.3 Å². The van der Waals surface area contributed by atoms with Crippen LogP contribution in [-0.4, -0.2) is 31.0 Å². The highest BCUT2D eigenvalue weighted by atomic mass is 35.5. The van der Waals surface area contributed by atoms with Crippen molar-refractivity contribution in [3.05, 3.63) is 53.1 Å². The normalized spacial score (nSPS) is 15.9. The van der Waals surface area contributed by atoms with E-state index >= 15 is 0 Å². The number of nitrogens with one attached hydrogen (secondary N) is 2. The summed E-state index contributed by atoms with van der Waals surface area (Å²) in [5.74, 6) is -0.624. The molecular weight excluding hydrogens is 460 g/mol. The number of hydrogen-bond donors (Lipinski definition) is 3. The van der Waals surface area contributed by atoms with Gasteiger partial charge in [0, 0.05) is 17.4 Å². The molecule has 6 nitrogen and oxygen atoms in total. The number of rotatable bonds is 7. The molecule has 1 aliphatic rings. The minimum Gasteiger partial charge on any atom is -0.481 e. The summed E-state index contributed by atoms with van der Waals surface area (Å²) in [5.41, 5.74) is 2.58. The number of halogens is 1. The molecule has 4 rings (SSSR count). The Kier molecular flexibility index (Phi) is 7.41. The molecule has 0 bridgehead atoms. The molecule has 3 aromatic rings. The largest absolute Gasteiger partial charge is 0.481 e. The average Bonchev–Trinajstić information content (AvgIpc) is 3.11. The zero-order chi connectivity index (χ0) is 23.4. The second-order valence-electron chi connectivity index (χ2n) is 8.80. The van der Waals surface area contributed by atoms with Crippen LogP contribution in [0.3, 0.4) is 0 Å². The number of carboxylic acids is 1. The molecular formula is C25H29ClN2O4S. The molecule has 3 N–H and O–H groups in total. The van der Waals surface area contributed by atoms with Gasteiger partial charge in [-0.3, -0.25) is 4.79 Å². The van der Waals surface area contributed by atoms with Gasteiger partial charge in [0.15, 0.2) is 0 Å². The van der Waals surface area contributed by atoms with Crippen LogP contribution in [0.5, 0.6) is 0 Å². The highest BCUT2D eigenvalue weighted by molar-refractivity contribution is 7.89. The number of hydrogen-bond acceptors (Lipinski definition) is 3. The van der Waals surface area contributed by atoms with Gasteiger partial charge in [0.05, 0.1) is 17.1 Å². The van der Waals surface area contributed by atoms with E-state index in [9.17, 15) is 18.3 Å². The maximum absolute atomic E-state index is 13.2. The Hall–Kier alpha value is -2.35. The third-order valence-electron chi connectivity index (χ3n) is 6.44. The van der Waals surface area contributed by atoms with Crippen LogP contribution in [0, 0.1) is 5.92 Å². The monoisotopic (exact) mass is 488 g/mol. The van der Waals surface area contributed by atoms with Gasteiger partial charge in [-0.25, -0.2) is 13.1 Å². The molecule has 1 fully saturated rings. The molecule has 0 atom stereocenters. The summed E-state index contributed by atoms with van der Waals surface area (Å²) in [6, 6.07) is 12.2. The highest BCUT2D eigenvalue weighted by Gasteiger charge is 2.23. The molecule has 1 heterocycles. The van der Waals surface area contributed by atoms with E-state index in [0.717, 1.165) is 36.6 Å². The van der Waals surface area contributed by atoms with Gasteiger partial charge in [-0.05, 0) is 48.1 Å². The predicted molar refractivity (Wildman–Crippen MR) is 131 cm³/mol. The van der Waals surface area contributed by atoms with Crippen LogP contribution >= 0.6 is 11.6 Å². The van der Waals surface area contributed by atoms with Crippen LogP contribution in [0.4, 0.5) is 0 Å². The number of para-hydroxylation sites is 1. The second-order valence-corrected chi connectivity index (χ2v) is 10.9. The minimum absolute atomic E-state index is 0.00689. The summed E-state index contributed by atoms with van der Waals surface area (Å²) >= 11 is 6.32. The van der Waals surface area contributed by atoms with Gasteiger partial charge in [0.25, 0.3) is 0 Å². The van der Waals surface area contributed by atoms with Crippen LogP contribution in [0.1, 0.15) is 50.5 Å². The Morgan fingerprint density at radius 3 is 2.48 bits per heavy atom. The Morgan fingerprint density at radius 1 is 1.06 bits per heavy atom. The molecule has 0 radical (unpaired) electrons. The first-order chi connectivity index (χ1) is 15.8. The van der Waals surface area contributed by atoms with Crippen LogP contribution < -0.4 is 4.72 Å². The van der Waals surface area contributed by atoms with E-state index < -0.39 is 16.0 Å². The number of carbonyl (C=O) groups is 1. The molecule has 0 saturated heterocycles. The van der Waals surface area contributed by atoms with Crippen molar-refractivity contribution in [3.63, 3.8) is 0 Å². The fraction of sp³-hybridized carbons (Fsp3) is 0.400. The van der Waals surface area contributed by atoms with E-state index in [1.807, 2.05) is 24.3 Å². The van der Waals surface area contributed by atoms with Crippen LogP contribution in [0.15, 0.2) is 47.4 Å². The van der Waals surface area contributed by atoms with Crippen molar-refractivity contribution in [2.24, 2.45) is 5.92 Å². The first kappa shape index (κ1) is 23.8. The number of fused-ring (bicyclic) bond motifs is 1. The Bertz CT molecular complexity index is 1240. The van der Waals surface area contributed by atoms with E-state index in [2.05, 4.69) is 9.71 Å². The molecule has 0 amide bonds. The number of aliphatic carboxylic acids is 1. The lowest BCUT2D eigenvalue weighted by Gasteiger charge is -2.20. The van der Waals surface area contributed by atoms with Crippen molar-refractivity contribution in [1.29, 1.82) is 0 Å². The fourth-order valence-electron chi connectivity index (χ4n) is 4.70. The number of aromatic amines is 1. The molecule has 1 aromatic heterocycles. The van der Waals surface area contributed by atoms with Gasteiger partial charge in [0.2, 0.25) is 10.0 Å². The van der Waals surface area contributed by atoms with Crippen molar-refractivity contribution in [3.8, 4) is 11.3 Å². The zero-order valence-corrected chi connectivity index (χ0v) is 20.0. The number of H-pyrrole nitrogens is 1. The second kappa shape index (κ2) is 10.3. The maximum Gasteiger partial charge on any atom is 0.307 e. The zero-order valence-electron chi connectivity index (χ0n) is 18.4. The standard InChI is InChI=1S/C25H29ClN2O4S/c26-21-13-12-18(25-20(15-24(29)30)19-10-6-7-11-22(19)28-25)14-23(21)33(31,32)27-16-17-8-4-2-1-3-5-9-17/h6-7,10-14,17,27-28H,1-5,8-9,15-16H2,(H,29,30). The van der Waals surface area contributed by atoms with E-state index in [0.29, 0.717) is 29.3 Å². The molecule has 2 aromatic carbocycles. The SMILES string of the molecule is O=C(O)Cc1c(-c2ccc(Cl)c(S(=O)(=O)NCC3CCCCCCC3)c2)[nH]c2ccccc12. The lowest BCUT2D eigenvalue weighted by atomic mass is 9.91. The number of sulfonamides is 1. The third kappa shape index (κ3) is 5.60. The van der Waals surface area contributed by atoms with E-state index in [4.69, 9.17) is 11.6 Å². The highest BCUT2D eigenvalue weighted by Crippen LogP contribution is 2.34. The first-order valence-electron chi connectivity index (χ1n) is 11.5. The predicted octanol–water partition coefficient (Wildman–Crippen LogP) is 5.75. The van der Waals surface area contributed by atoms with E-state index in [-0.39, 0.29) is 16.3 Å². The summed E-state index contributed by atoms with van der Waals surface area (Å²) in [7, 11) is -3.82. The van der Waals surface area contributed by atoms with Gasteiger partial charge in [0.1, 0.15) is 4.90 Å². The number of aromatic nitrogens is 1. The molecule has 0 unspecified atom stereocenters. The van der Waals surface area contributed by atoms with Crippen molar-refractivity contribution in [1.82, 2.24) is 9.71 Å². The van der Waals surface area contributed by atoms with Crippen molar-refractivity contribution in [2.45, 2.75) is 56.3 Å². The smallest absolute Gasteiger partial charge is 0.307 e. The molecule has 176 valence electrons. The van der Waals surface area contributed by atoms with Crippen LogP contribution in [0.2, 0.25) is 5.02 Å². The van der Waals surface area contributed by atoms with Crippen molar-refractivity contribution >= 4 is 38.5 Å².